The van der Waals surface area contributed by atoms with Gasteiger partial charge in [-0.1, -0.05) is 12.1 Å². The first kappa shape index (κ1) is 19.3. The predicted octanol–water partition coefficient (Wildman–Crippen LogP) is 2.27. The van der Waals surface area contributed by atoms with Crippen molar-refractivity contribution in [2.75, 3.05) is 18.5 Å². The van der Waals surface area contributed by atoms with E-state index in [0.717, 1.165) is 0 Å². The van der Waals surface area contributed by atoms with Gasteiger partial charge in [0.2, 0.25) is 0 Å². The minimum atomic E-state index is -0.744. The Morgan fingerprint density at radius 2 is 2.04 bits per heavy atom. The second kappa shape index (κ2) is 8.51. The molecule has 2 amide bonds. The van der Waals surface area contributed by atoms with Crippen LogP contribution in [0.2, 0.25) is 0 Å². The Balaban J connectivity index is 1.54. The fourth-order valence-electron chi connectivity index (χ4n) is 3.04. The largest absolute Gasteiger partial charge is 0.459 e. The van der Waals surface area contributed by atoms with E-state index in [0.29, 0.717) is 30.6 Å². The summed E-state index contributed by atoms with van der Waals surface area (Å²) in [7, 11) is 0. The average molecular weight is 384 g/mol. The highest BCUT2D eigenvalue weighted by Crippen LogP contribution is 2.21. The lowest BCUT2D eigenvalue weighted by Crippen LogP contribution is -2.42. The molecular formula is C20H20N2O6. The molecule has 28 heavy (non-hydrogen) atoms. The molecule has 1 saturated heterocycles. The summed E-state index contributed by atoms with van der Waals surface area (Å²) in [6, 6.07) is 8.85. The average Bonchev–Trinajstić information content (AvgIpc) is 3.37. The zero-order chi connectivity index (χ0) is 20.1. The standard InChI is InChI=1S/C20H20N2O6/c1-13(23)14-5-2-6-15(11-14)21-18(24)12-28-20(26)16-7-3-9-22(16)19(25)17-8-4-10-27-17/h2,4-6,8,10-11,16H,3,7,9,12H2,1H3,(H,21,24)/t16-/m0/s1. The van der Waals surface area contributed by atoms with Gasteiger partial charge in [-0.25, -0.2) is 4.79 Å². The van der Waals surface area contributed by atoms with Gasteiger partial charge in [0.15, 0.2) is 18.2 Å². The molecule has 1 N–H and O–H groups in total. The number of likely N-dealkylation sites (tertiary alicyclic amines) is 1. The second-order valence-corrected chi connectivity index (χ2v) is 6.43. The Labute approximate surface area is 161 Å². The van der Waals surface area contributed by atoms with E-state index >= 15 is 0 Å². The van der Waals surface area contributed by atoms with Gasteiger partial charge in [-0.2, -0.15) is 0 Å². The molecule has 1 fully saturated rings. The van der Waals surface area contributed by atoms with E-state index < -0.39 is 24.5 Å². The molecule has 8 nitrogen and oxygen atoms in total. The second-order valence-electron chi connectivity index (χ2n) is 6.43. The zero-order valence-electron chi connectivity index (χ0n) is 15.3. The molecule has 0 saturated carbocycles. The quantitative estimate of drug-likeness (QED) is 0.605. The highest BCUT2D eigenvalue weighted by atomic mass is 16.5. The summed E-state index contributed by atoms with van der Waals surface area (Å²) >= 11 is 0. The van der Waals surface area contributed by atoms with Crippen molar-refractivity contribution in [3.05, 3.63) is 54.0 Å². The number of nitrogens with one attached hydrogen (secondary N) is 1. The number of amides is 2. The first-order valence-electron chi connectivity index (χ1n) is 8.87. The first-order chi connectivity index (χ1) is 13.5. The smallest absolute Gasteiger partial charge is 0.329 e. The molecule has 3 rings (SSSR count). The number of rotatable bonds is 6. The van der Waals surface area contributed by atoms with E-state index in [1.165, 1.54) is 24.2 Å². The summed E-state index contributed by atoms with van der Waals surface area (Å²) in [6.45, 7) is 1.37. The molecule has 0 aliphatic carbocycles. The van der Waals surface area contributed by atoms with Crippen LogP contribution in [0.5, 0.6) is 0 Å². The molecule has 1 aliphatic heterocycles. The topological polar surface area (TPSA) is 106 Å². The number of benzene rings is 1. The van der Waals surface area contributed by atoms with Crippen molar-refractivity contribution in [3.63, 3.8) is 0 Å². The number of ether oxygens (including phenoxy) is 1. The fraction of sp³-hybridized carbons (Fsp3) is 0.300. The van der Waals surface area contributed by atoms with Crippen LogP contribution < -0.4 is 5.32 Å². The summed E-state index contributed by atoms with van der Waals surface area (Å²) in [5, 5.41) is 2.58. The van der Waals surface area contributed by atoms with Crippen LogP contribution in [0.3, 0.4) is 0 Å². The molecular weight excluding hydrogens is 364 g/mol. The van der Waals surface area contributed by atoms with E-state index in [4.69, 9.17) is 9.15 Å². The van der Waals surface area contributed by atoms with Gasteiger partial charge in [0.25, 0.3) is 11.8 Å². The predicted molar refractivity (Wildman–Crippen MR) is 98.8 cm³/mol. The molecule has 0 spiro atoms. The fourth-order valence-corrected chi connectivity index (χ4v) is 3.04. The van der Waals surface area contributed by atoms with Crippen LogP contribution in [0, 0.1) is 0 Å². The molecule has 1 aromatic heterocycles. The molecule has 146 valence electrons. The number of hydrogen-bond donors (Lipinski definition) is 1. The van der Waals surface area contributed by atoms with Crippen molar-refractivity contribution in [1.29, 1.82) is 0 Å². The number of carbonyl (C=O) groups is 4. The Hall–Kier alpha value is -3.42. The number of furan rings is 1. The van der Waals surface area contributed by atoms with Crippen LogP contribution in [0.1, 0.15) is 40.7 Å². The molecule has 1 atom stereocenters. The van der Waals surface area contributed by atoms with Crippen molar-refractivity contribution in [2.45, 2.75) is 25.8 Å². The number of nitrogens with zero attached hydrogens (tertiary/aromatic N) is 1. The van der Waals surface area contributed by atoms with Gasteiger partial charge in [-0.05, 0) is 44.0 Å². The summed E-state index contributed by atoms with van der Waals surface area (Å²) in [5.74, 6) is -1.51. The lowest BCUT2D eigenvalue weighted by Gasteiger charge is -2.22. The number of carbonyl (C=O) groups excluding carboxylic acids is 4. The lowest BCUT2D eigenvalue weighted by atomic mass is 10.1. The van der Waals surface area contributed by atoms with Gasteiger partial charge in [0.05, 0.1) is 6.26 Å². The molecule has 1 aliphatic rings. The minimum absolute atomic E-state index is 0.120. The molecule has 1 aromatic carbocycles. The summed E-state index contributed by atoms with van der Waals surface area (Å²) in [4.78, 5) is 49.6. The maximum Gasteiger partial charge on any atom is 0.329 e. The third-order valence-electron chi connectivity index (χ3n) is 4.42. The van der Waals surface area contributed by atoms with E-state index in [1.807, 2.05) is 0 Å². The van der Waals surface area contributed by atoms with Crippen LogP contribution in [0.25, 0.3) is 0 Å². The number of anilines is 1. The van der Waals surface area contributed by atoms with E-state index in [2.05, 4.69) is 5.32 Å². The van der Waals surface area contributed by atoms with Gasteiger partial charge in [-0.3, -0.25) is 14.4 Å². The Morgan fingerprint density at radius 3 is 2.75 bits per heavy atom. The zero-order valence-corrected chi connectivity index (χ0v) is 15.3. The van der Waals surface area contributed by atoms with E-state index in [-0.39, 0.29) is 17.5 Å². The van der Waals surface area contributed by atoms with Crippen LogP contribution in [0.4, 0.5) is 5.69 Å². The number of hydrogen-bond acceptors (Lipinski definition) is 6. The Kier molecular flexibility index (Phi) is 5.88. The number of esters is 1. The van der Waals surface area contributed by atoms with E-state index in [9.17, 15) is 19.2 Å². The minimum Gasteiger partial charge on any atom is -0.459 e. The Bertz CT molecular complexity index is 890. The van der Waals surface area contributed by atoms with Crippen LogP contribution in [0.15, 0.2) is 47.1 Å². The third-order valence-corrected chi connectivity index (χ3v) is 4.42. The van der Waals surface area contributed by atoms with Gasteiger partial charge in [0.1, 0.15) is 6.04 Å². The number of ketones is 1. The van der Waals surface area contributed by atoms with Crippen LogP contribution >= 0.6 is 0 Å². The van der Waals surface area contributed by atoms with Gasteiger partial charge >= 0.3 is 5.97 Å². The van der Waals surface area contributed by atoms with Crippen molar-refractivity contribution < 1.29 is 28.3 Å². The van der Waals surface area contributed by atoms with Crippen molar-refractivity contribution in [1.82, 2.24) is 4.90 Å². The molecule has 0 bridgehead atoms. The molecule has 2 aromatic rings. The molecule has 0 radical (unpaired) electrons. The maximum absolute atomic E-state index is 12.4. The van der Waals surface area contributed by atoms with E-state index in [1.54, 1.807) is 30.3 Å². The van der Waals surface area contributed by atoms with Gasteiger partial charge in [-0.15, -0.1) is 0 Å². The number of Topliss-reactive ketones (excluding diaryl/α,β-unsaturated/α-hetero) is 1. The maximum atomic E-state index is 12.4. The first-order valence-corrected chi connectivity index (χ1v) is 8.87. The van der Waals surface area contributed by atoms with Crippen LogP contribution in [-0.2, 0) is 14.3 Å². The molecule has 0 unspecified atom stereocenters. The highest BCUT2D eigenvalue weighted by molar-refractivity contribution is 5.98. The van der Waals surface area contributed by atoms with Gasteiger partial charge < -0.3 is 19.4 Å². The monoisotopic (exact) mass is 384 g/mol. The van der Waals surface area contributed by atoms with Crippen molar-refractivity contribution >= 4 is 29.3 Å². The molecule has 8 heteroatoms. The molecule has 2 heterocycles. The third kappa shape index (κ3) is 4.46. The summed E-state index contributed by atoms with van der Waals surface area (Å²) in [6.07, 6.45) is 2.52. The van der Waals surface area contributed by atoms with Gasteiger partial charge in [0, 0.05) is 17.8 Å². The summed E-state index contributed by atoms with van der Waals surface area (Å²) < 4.78 is 10.2. The van der Waals surface area contributed by atoms with Crippen molar-refractivity contribution in [3.8, 4) is 0 Å². The lowest BCUT2D eigenvalue weighted by molar-refractivity contribution is -0.151. The normalized spacial score (nSPS) is 15.9. The SMILES string of the molecule is CC(=O)c1cccc(NC(=O)COC(=O)[C@@H]2CCCN2C(=O)c2ccco2)c1. The van der Waals surface area contributed by atoms with Crippen molar-refractivity contribution in [2.24, 2.45) is 0 Å². The highest BCUT2D eigenvalue weighted by Gasteiger charge is 2.36. The summed E-state index contributed by atoms with van der Waals surface area (Å²) in [5.41, 5.74) is 0.900. The van der Waals surface area contributed by atoms with Crippen LogP contribution in [-0.4, -0.2) is 47.7 Å². The Morgan fingerprint density at radius 1 is 1.21 bits per heavy atom.